The van der Waals surface area contributed by atoms with Gasteiger partial charge in [0.2, 0.25) is 0 Å². The third-order valence-corrected chi connectivity index (χ3v) is 6.27. The maximum atomic E-state index is 9.24. The Morgan fingerprint density at radius 2 is 2.04 bits per heavy atom. The van der Waals surface area contributed by atoms with E-state index < -0.39 is 0 Å². The van der Waals surface area contributed by atoms with E-state index in [-0.39, 0.29) is 6.61 Å². The summed E-state index contributed by atoms with van der Waals surface area (Å²) in [6.45, 7) is 5.22. The molecule has 0 aliphatic carbocycles. The van der Waals surface area contributed by atoms with Gasteiger partial charge in [0.25, 0.3) is 0 Å². The third-order valence-electron chi connectivity index (χ3n) is 5.32. The van der Waals surface area contributed by atoms with E-state index in [1.165, 1.54) is 25.9 Å². The second kappa shape index (κ2) is 7.39. The second-order valence-corrected chi connectivity index (χ2v) is 7.92. The number of hydrogen-bond donors (Lipinski definition) is 1. The molecule has 8 heteroatoms. The first-order valence-electron chi connectivity index (χ1n) is 9.15. The molecule has 0 radical (unpaired) electrons. The summed E-state index contributed by atoms with van der Waals surface area (Å²) in [5.74, 6) is 2.56. The number of aliphatic hydroxyl groups excluding tert-OH is 1. The molecule has 4 heterocycles. The highest BCUT2D eigenvalue weighted by molar-refractivity contribution is 7.13. The third kappa shape index (κ3) is 3.56. The maximum absolute atomic E-state index is 9.24. The smallest absolute Gasteiger partial charge is 0.185 e. The molecule has 1 atom stereocenters. The fraction of sp³-hybridized carbons (Fsp3) is 0.706. The maximum Gasteiger partial charge on any atom is 0.185 e. The monoisotopic (exact) mass is 362 g/mol. The number of thiazole rings is 1. The Morgan fingerprint density at radius 1 is 1.20 bits per heavy atom. The van der Waals surface area contributed by atoms with E-state index in [0.29, 0.717) is 5.92 Å². The summed E-state index contributed by atoms with van der Waals surface area (Å²) in [5, 5.41) is 21.2. The Labute approximate surface area is 152 Å². The fourth-order valence-electron chi connectivity index (χ4n) is 3.89. The number of rotatable bonds is 5. The summed E-state index contributed by atoms with van der Waals surface area (Å²) in [5.41, 5.74) is 0.758. The SMILES string of the molecule is Cn1c(CN2CCCC2)nnc1[C@@H]1CCCN(c2nc(CO)cs2)C1. The summed E-state index contributed by atoms with van der Waals surface area (Å²) >= 11 is 1.61. The summed E-state index contributed by atoms with van der Waals surface area (Å²) in [4.78, 5) is 9.31. The molecule has 2 aromatic heterocycles. The van der Waals surface area contributed by atoms with Crippen LogP contribution in [0.3, 0.4) is 0 Å². The topological polar surface area (TPSA) is 70.3 Å². The zero-order valence-corrected chi connectivity index (χ0v) is 15.6. The van der Waals surface area contributed by atoms with E-state index in [0.717, 1.165) is 55.0 Å². The van der Waals surface area contributed by atoms with Crippen LogP contribution in [0.4, 0.5) is 5.13 Å². The average molecular weight is 363 g/mol. The van der Waals surface area contributed by atoms with Crippen LogP contribution in [-0.2, 0) is 20.2 Å². The van der Waals surface area contributed by atoms with Crippen LogP contribution in [0.25, 0.3) is 0 Å². The number of piperidine rings is 1. The van der Waals surface area contributed by atoms with Crippen molar-refractivity contribution in [3.63, 3.8) is 0 Å². The number of anilines is 1. The standard InChI is InChI=1S/C17H26N6OS/c1-21-15(10-22-6-2-3-7-22)19-20-16(21)13-5-4-8-23(9-13)17-18-14(11-24)12-25-17/h12-13,24H,2-11H2,1H3/t13-/m1/s1. The molecule has 0 amide bonds. The molecular formula is C17H26N6OS. The molecule has 2 aliphatic rings. The van der Waals surface area contributed by atoms with Crippen molar-refractivity contribution in [2.24, 2.45) is 7.05 Å². The molecule has 136 valence electrons. The summed E-state index contributed by atoms with van der Waals surface area (Å²) < 4.78 is 2.20. The minimum absolute atomic E-state index is 0.0108. The van der Waals surface area contributed by atoms with Gasteiger partial charge in [0.05, 0.1) is 18.8 Å². The van der Waals surface area contributed by atoms with Crippen molar-refractivity contribution in [3.8, 4) is 0 Å². The molecule has 0 spiro atoms. The van der Waals surface area contributed by atoms with E-state index in [9.17, 15) is 5.11 Å². The Bertz CT molecular complexity index is 708. The number of nitrogens with zero attached hydrogens (tertiary/aromatic N) is 6. The predicted molar refractivity (Wildman–Crippen MR) is 97.7 cm³/mol. The van der Waals surface area contributed by atoms with Gasteiger partial charge < -0.3 is 14.6 Å². The van der Waals surface area contributed by atoms with Crippen molar-refractivity contribution >= 4 is 16.5 Å². The quantitative estimate of drug-likeness (QED) is 0.874. The van der Waals surface area contributed by atoms with Crippen LogP contribution >= 0.6 is 11.3 Å². The first-order chi connectivity index (χ1) is 12.2. The fourth-order valence-corrected chi connectivity index (χ4v) is 4.74. The Kier molecular flexibility index (Phi) is 5.00. The van der Waals surface area contributed by atoms with Crippen molar-refractivity contribution in [2.45, 2.75) is 44.8 Å². The van der Waals surface area contributed by atoms with Gasteiger partial charge in [-0.05, 0) is 38.8 Å². The molecule has 0 bridgehead atoms. The van der Waals surface area contributed by atoms with Crippen LogP contribution in [0.1, 0.15) is 48.9 Å². The highest BCUT2D eigenvalue weighted by Crippen LogP contribution is 2.31. The molecule has 4 rings (SSSR count). The van der Waals surface area contributed by atoms with Crippen molar-refractivity contribution in [1.29, 1.82) is 0 Å². The number of likely N-dealkylation sites (tertiary alicyclic amines) is 1. The van der Waals surface area contributed by atoms with E-state index in [1.54, 1.807) is 11.3 Å². The average Bonchev–Trinajstić information content (AvgIpc) is 3.38. The van der Waals surface area contributed by atoms with Crippen molar-refractivity contribution in [1.82, 2.24) is 24.6 Å². The minimum atomic E-state index is 0.0108. The van der Waals surface area contributed by atoms with Gasteiger partial charge >= 0.3 is 0 Å². The van der Waals surface area contributed by atoms with Gasteiger partial charge in [-0.25, -0.2) is 4.98 Å². The van der Waals surface area contributed by atoms with Crippen molar-refractivity contribution in [3.05, 3.63) is 22.7 Å². The van der Waals surface area contributed by atoms with Gasteiger partial charge in [-0.15, -0.1) is 21.5 Å². The molecule has 2 fully saturated rings. The van der Waals surface area contributed by atoms with Gasteiger partial charge in [0.15, 0.2) is 5.13 Å². The van der Waals surface area contributed by atoms with Gasteiger partial charge in [0, 0.05) is 31.4 Å². The molecule has 7 nitrogen and oxygen atoms in total. The molecule has 0 aromatic carbocycles. The molecule has 0 unspecified atom stereocenters. The van der Waals surface area contributed by atoms with Crippen LogP contribution in [0.5, 0.6) is 0 Å². The highest BCUT2D eigenvalue weighted by Gasteiger charge is 2.27. The Hall–Kier alpha value is -1.51. The van der Waals surface area contributed by atoms with Crippen LogP contribution in [0, 0.1) is 0 Å². The van der Waals surface area contributed by atoms with Crippen molar-refractivity contribution < 1.29 is 5.11 Å². The van der Waals surface area contributed by atoms with Crippen LogP contribution in [0.2, 0.25) is 0 Å². The van der Waals surface area contributed by atoms with E-state index in [2.05, 4.69) is 36.6 Å². The molecule has 25 heavy (non-hydrogen) atoms. The lowest BCUT2D eigenvalue weighted by molar-refractivity contribution is 0.277. The predicted octanol–water partition coefficient (Wildman–Crippen LogP) is 1.74. The number of aliphatic hydroxyl groups is 1. The van der Waals surface area contributed by atoms with Gasteiger partial charge in [-0.2, -0.15) is 0 Å². The zero-order valence-electron chi connectivity index (χ0n) is 14.8. The lowest BCUT2D eigenvalue weighted by Gasteiger charge is -2.32. The normalized spacial score (nSPS) is 22.0. The van der Waals surface area contributed by atoms with E-state index in [1.807, 2.05) is 5.38 Å². The highest BCUT2D eigenvalue weighted by atomic mass is 32.1. The zero-order chi connectivity index (χ0) is 17.2. The Morgan fingerprint density at radius 3 is 2.80 bits per heavy atom. The van der Waals surface area contributed by atoms with Gasteiger partial charge in [-0.1, -0.05) is 0 Å². The van der Waals surface area contributed by atoms with Crippen molar-refractivity contribution in [2.75, 3.05) is 31.1 Å². The van der Waals surface area contributed by atoms with Crippen LogP contribution < -0.4 is 4.90 Å². The van der Waals surface area contributed by atoms with Gasteiger partial charge in [-0.3, -0.25) is 4.90 Å². The second-order valence-electron chi connectivity index (χ2n) is 7.08. The molecular weight excluding hydrogens is 336 g/mol. The lowest BCUT2D eigenvalue weighted by Crippen LogP contribution is -2.35. The summed E-state index contributed by atoms with van der Waals surface area (Å²) in [7, 11) is 2.10. The molecule has 1 N–H and O–H groups in total. The van der Waals surface area contributed by atoms with Gasteiger partial charge in [0.1, 0.15) is 11.6 Å². The van der Waals surface area contributed by atoms with E-state index >= 15 is 0 Å². The van der Waals surface area contributed by atoms with Crippen LogP contribution in [-0.4, -0.2) is 55.9 Å². The number of hydrogen-bond acceptors (Lipinski definition) is 7. The number of aromatic nitrogens is 4. The molecule has 0 saturated carbocycles. The lowest BCUT2D eigenvalue weighted by atomic mass is 9.97. The minimum Gasteiger partial charge on any atom is -0.390 e. The summed E-state index contributed by atoms with van der Waals surface area (Å²) in [6.07, 6.45) is 4.87. The molecule has 2 saturated heterocycles. The molecule has 2 aliphatic heterocycles. The first-order valence-corrected chi connectivity index (χ1v) is 10.0. The van der Waals surface area contributed by atoms with E-state index in [4.69, 9.17) is 0 Å². The first kappa shape index (κ1) is 16.9. The largest absolute Gasteiger partial charge is 0.390 e. The Balaban J connectivity index is 1.46. The van der Waals surface area contributed by atoms with Crippen LogP contribution in [0.15, 0.2) is 5.38 Å². The molecule has 2 aromatic rings. The summed E-state index contributed by atoms with van der Waals surface area (Å²) in [6, 6.07) is 0.